The van der Waals surface area contributed by atoms with Gasteiger partial charge in [0.15, 0.2) is 0 Å². The highest BCUT2D eigenvalue weighted by Gasteiger charge is 2.33. The van der Waals surface area contributed by atoms with Crippen LogP contribution in [0, 0.1) is 12.7 Å². The van der Waals surface area contributed by atoms with E-state index in [0.717, 1.165) is 17.7 Å². The highest BCUT2D eigenvalue weighted by Crippen LogP contribution is 2.29. The van der Waals surface area contributed by atoms with Crippen molar-refractivity contribution in [3.63, 3.8) is 0 Å². The molecule has 0 radical (unpaired) electrons. The van der Waals surface area contributed by atoms with Crippen LogP contribution in [0.3, 0.4) is 0 Å². The van der Waals surface area contributed by atoms with Crippen molar-refractivity contribution in [3.8, 4) is 0 Å². The molecule has 2 unspecified atom stereocenters. The Kier molecular flexibility index (Phi) is 7.78. The van der Waals surface area contributed by atoms with Gasteiger partial charge in [-0.1, -0.05) is 19.6 Å². The third-order valence-corrected chi connectivity index (χ3v) is 7.32. The van der Waals surface area contributed by atoms with Crippen molar-refractivity contribution in [2.24, 2.45) is 0 Å². The highest BCUT2D eigenvalue weighted by molar-refractivity contribution is 5.76. The predicted molar refractivity (Wildman–Crippen MR) is 138 cm³/mol. The number of halogens is 1. The summed E-state index contributed by atoms with van der Waals surface area (Å²) in [6, 6.07) is 4.08. The van der Waals surface area contributed by atoms with Gasteiger partial charge in [0.05, 0.1) is 30.6 Å². The van der Waals surface area contributed by atoms with Crippen LogP contribution in [-0.4, -0.2) is 54.2 Å². The molecule has 1 N–H and O–H groups in total. The monoisotopic (exact) mass is 497 g/mol. The molecule has 0 aliphatic carbocycles. The molecule has 9 heteroatoms. The molecule has 2 atom stereocenters. The summed E-state index contributed by atoms with van der Waals surface area (Å²) in [6.45, 7) is 9.70. The highest BCUT2D eigenvalue weighted by atomic mass is 19.1. The number of nitrogens with one attached hydrogen (secondary N) is 1. The molecule has 2 aliphatic heterocycles. The van der Waals surface area contributed by atoms with Gasteiger partial charge in [-0.3, -0.25) is 14.2 Å². The van der Waals surface area contributed by atoms with Gasteiger partial charge in [0, 0.05) is 44.9 Å². The minimum absolute atomic E-state index is 0.0281. The summed E-state index contributed by atoms with van der Waals surface area (Å²) in [5.41, 5.74) is 3.00. The van der Waals surface area contributed by atoms with Crippen molar-refractivity contribution in [2.75, 3.05) is 38.8 Å². The van der Waals surface area contributed by atoms with E-state index in [2.05, 4.69) is 11.9 Å². The molecule has 1 amide bonds. The summed E-state index contributed by atoms with van der Waals surface area (Å²) in [7, 11) is 3.68. The topological polar surface area (TPSA) is 79.7 Å². The van der Waals surface area contributed by atoms with Crippen LogP contribution in [-0.2, 0) is 16.1 Å². The molecule has 4 rings (SSSR count). The lowest BCUT2D eigenvalue weighted by atomic mass is 10.1. The lowest BCUT2D eigenvalue weighted by Gasteiger charge is -2.29. The Hall–Kier alpha value is -3.20. The number of carbonyl (C=O) groups excluding carboxylic acids is 1. The van der Waals surface area contributed by atoms with Crippen LogP contribution in [0.4, 0.5) is 10.1 Å². The summed E-state index contributed by atoms with van der Waals surface area (Å²) in [5.74, 6) is 0.193. The molecule has 3 heterocycles. The van der Waals surface area contributed by atoms with Gasteiger partial charge in [-0.2, -0.15) is 0 Å². The van der Waals surface area contributed by atoms with Crippen LogP contribution in [0.5, 0.6) is 0 Å². The van der Waals surface area contributed by atoms with Crippen molar-refractivity contribution in [3.05, 3.63) is 63.6 Å². The fourth-order valence-electron chi connectivity index (χ4n) is 4.99. The summed E-state index contributed by atoms with van der Waals surface area (Å²) in [6.07, 6.45) is 2.55. The van der Waals surface area contributed by atoms with Gasteiger partial charge in [-0.15, -0.1) is 0 Å². The average Bonchev–Trinajstić information content (AvgIpc) is 3.05. The Labute approximate surface area is 211 Å². The van der Waals surface area contributed by atoms with Crippen LogP contribution in [0.2, 0.25) is 0 Å². The molecule has 0 spiro atoms. The van der Waals surface area contributed by atoms with Gasteiger partial charge in [0.25, 0.3) is 5.56 Å². The fraction of sp³-hybridized carbons (Fsp3) is 0.519. The van der Waals surface area contributed by atoms with Gasteiger partial charge in [-0.25, -0.2) is 9.37 Å². The number of carbonyl (C=O) groups is 1. The fourth-order valence-corrected chi connectivity index (χ4v) is 4.99. The van der Waals surface area contributed by atoms with Crippen LogP contribution < -0.4 is 15.8 Å². The summed E-state index contributed by atoms with van der Waals surface area (Å²) in [5, 5.41) is 3.30. The Morgan fingerprint density at radius 3 is 2.75 bits per heavy atom. The molecule has 8 nitrogen and oxygen atoms in total. The second-order valence-corrected chi connectivity index (χ2v) is 9.72. The number of anilines is 1. The molecule has 0 saturated heterocycles. The number of likely N-dealkylation sites (N-methyl/N-ethyl adjacent to an activating group) is 1. The van der Waals surface area contributed by atoms with Gasteiger partial charge in [-0.05, 0) is 43.9 Å². The molecule has 2 aromatic rings. The molecule has 1 aromatic heterocycles. The average molecular weight is 498 g/mol. The largest absolute Gasteiger partial charge is 0.380 e. The van der Waals surface area contributed by atoms with Crippen molar-refractivity contribution in [2.45, 2.75) is 58.2 Å². The summed E-state index contributed by atoms with van der Waals surface area (Å²) < 4.78 is 21.8. The maximum Gasteiger partial charge on any atom is 0.257 e. The Balaban J connectivity index is 1.82. The van der Waals surface area contributed by atoms with E-state index in [4.69, 9.17) is 9.72 Å². The van der Waals surface area contributed by atoms with E-state index < -0.39 is 6.04 Å². The standard InChI is InChI=1S/C27H36FN5O3/c1-6-21-15-36-16-23-26-30-25(17(2)27(35)33(21)26)18(3)29-14-19-10-11-20(28)13-22(19)31(4)12-8-7-9-24(34)32(23)5/h10-11,13,21,23,29H,3,6-9,12,14-16H2,1-2,4-5H3. The number of fused-ring (bicyclic) bond motifs is 2. The number of ether oxygens (including phenoxy) is 1. The predicted octanol–water partition coefficient (Wildman–Crippen LogP) is 3.55. The van der Waals surface area contributed by atoms with Crippen molar-refractivity contribution in [1.29, 1.82) is 0 Å². The van der Waals surface area contributed by atoms with Crippen molar-refractivity contribution in [1.82, 2.24) is 19.8 Å². The minimum atomic E-state index is -0.479. The van der Waals surface area contributed by atoms with E-state index in [0.29, 0.717) is 61.7 Å². The second kappa shape index (κ2) is 10.8. The van der Waals surface area contributed by atoms with E-state index in [1.165, 1.54) is 12.1 Å². The number of aromatic nitrogens is 2. The first-order valence-electron chi connectivity index (χ1n) is 12.6. The molecule has 194 valence electrons. The number of rotatable bonds is 1. The van der Waals surface area contributed by atoms with Crippen LogP contribution in [0.1, 0.15) is 67.3 Å². The molecule has 2 aliphatic rings. The van der Waals surface area contributed by atoms with E-state index in [-0.39, 0.29) is 29.9 Å². The molecular formula is C27H36FN5O3. The zero-order valence-corrected chi connectivity index (χ0v) is 21.6. The van der Waals surface area contributed by atoms with Crippen LogP contribution >= 0.6 is 0 Å². The van der Waals surface area contributed by atoms with Crippen molar-refractivity contribution < 1.29 is 13.9 Å². The molecule has 36 heavy (non-hydrogen) atoms. The van der Waals surface area contributed by atoms with Gasteiger partial charge >= 0.3 is 0 Å². The van der Waals surface area contributed by atoms with Crippen LogP contribution in [0.15, 0.2) is 29.6 Å². The maximum atomic E-state index is 14.1. The SMILES string of the molecule is C=C1NCc2ccc(F)cc2N(C)CCCCC(=O)N(C)C2COCC(CC)n3c2nc1c(C)c3=O. The number of hydrogen-bond donors (Lipinski definition) is 1. The van der Waals surface area contributed by atoms with E-state index in [1.54, 1.807) is 29.5 Å². The van der Waals surface area contributed by atoms with Crippen LogP contribution in [0.25, 0.3) is 5.70 Å². The molecule has 1 aromatic carbocycles. The third kappa shape index (κ3) is 5.02. The van der Waals surface area contributed by atoms with Gasteiger partial charge in [0.2, 0.25) is 5.91 Å². The number of amides is 1. The van der Waals surface area contributed by atoms with Gasteiger partial charge < -0.3 is 19.9 Å². The Morgan fingerprint density at radius 2 is 2.00 bits per heavy atom. The zero-order valence-electron chi connectivity index (χ0n) is 21.6. The normalized spacial score (nSPS) is 21.6. The molecule has 0 fully saturated rings. The lowest BCUT2D eigenvalue weighted by Crippen LogP contribution is -2.39. The number of benzene rings is 1. The van der Waals surface area contributed by atoms with E-state index >= 15 is 0 Å². The van der Waals surface area contributed by atoms with Gasteiger partial charge in [0.1, 0.15) is 17.7 Å². The smallest absolute Gasteiger partial charge is 0.257 e. The first kappa shape index (κ1) is 25.9. The summed E-state index contributed by atoms with van der Waals surface area (Å²) >= 11 is 0. The molecule has 0 saturated carbocycles. The quantitative estimate of drug-likeness (QED) is 0.649. The molecular weight excluding hydrogens is 461 g/mol. The number of nitrogens with zero attached hydrogens (tertiary/aromatic N) is 4. The Morgan fingerprint density at radius 1 is 1.22 bits per heavy atom. The number of hydrogen-bond acceptors (Lipinski definition) is 6. The first-order chi connectivity index (χ1) is 17.2. The lowest BCUT2D eigenvalue weighted by molar-refractivity contribution is -0.133. The Bertz CT molecular complexity index is 1210. The van der Waals surface area contributed by atoms with E-state index in [1.807, 2.05) is 18.9 Å². The zero-order chi connectivity index (χ0) is 26.0. The molecule has 2 bridgehead atoms. The minimum Gasteiger partial charge on any atom is -0.380 e. The second-order valence-electron chi connectivity index (χ2n) is 9.72. The maximum absolute atomic E-state index is 14.1. The van der Waals surface area contributed by atoms with Crippen molar-refractivity contribution >= 4 is 17.3 Å². The van der Waals surface area contributed by atoms with E-state index in [9.17, 15) is 14.0 Å². The summed E-state index contributed by atoms with van der Waals surface area (Å²) in [4.78, 5) is 35.4. The third-order valence-electron chi connectivity index (χ3n) is 7.32. The first-order valence-corrected chi connectivity index (χ1v) is 12.6.